The molecule has 2 aliphatic carbocycles. The highest BCUT2D eigenvalue weighted by molar-refractivity contribution is 7.09. The first-order valence-corrected chi connectivity index (χ1v) is 14.1. The third-order valence-corrected chi connectivity index (χ3v) is 9.36. The fourth-order valence-corrected chi connectivity index (χ4v) is 7.07. The molecule has 1 unspecified atom stereocenters. The highest BCUT2D eigenvalue weighted by atomic mass is 32.1. The zero-order chi connectivity index (χ0) is 23.5. The van der Waals surface area contributed by atoms with Gasteiger partial charge in [-0.1, -0.05) is 56.5 Å². The van der Waals surface area contributed by atoms with Crippen LogP contribution in [0.25, 0.3) is 0 Å². The molecule has 1 aromatic heterocycles. The summed E-state index contributed by atoms with van der Waals surface area (Å²) in [6, 6.07) is 10.1. The molecule has 2 saturated carbocycles. The predicted octanol–water partition coefficient (Wildman–Crippen LogP) is 5.89. The molecule has 2 aromatic rings. The molecule has 0 radical (unpaired) electrons. The second-order valence-corrected chi connectivity index (χ2v) is 11.4. The van der Waals surface area contributed by atoms with Crippen LogP contribution in [0.15, 0.2) is 35.7 Å². The Kier molecular flexibility index (Phi) is 7.05. The Hall–Kier alpha value is -2.21. The molecule has 3 fully saturated rings. The van der Waals surface area contributed by atoms with Gasteiger partial charge >= 0.3 is 0 Å². The molecule has 0 spiro atoms. The average Bonchev–Trinajstić information content (AvgIpc) is 3.50. The third-order valence-electron chi connectivity index (χ3n) is 8.36. The van der Waals surface area contributed by atoms with Gasteiger partial charge in [0, 0.05) is 29.9 Å². The van der Waals surface area contributed by atoms with Crippen LogP contribution >= 0.6 is 11.3 Å². The lowest BCUT2D eigenvalue weighted by atomic mass is 9.82. The molecule has 5 rings (SSSR count). The summed E-state index contributed by atoms with van der Waals surface area (Å²) in [5, 5.41) is 6.36. The molecule has 1 atom stereocenters. The molecule has 1 N–H and O–H groups in total. The van der Waals surface area contributed by atoms with Gasteiger partial charge in [-0.15, -0.1) is 11.3 Å². The first kappa shape index (κ1) is 23.5. The van der Waals surface area contributed by atoms with Crippen molar-refractivity contribution in [3.63, 3.8) is 0 Å². The van der Waals surface area contributed by atoms with E-state index in [1.54, 1.807) is 11.3 Å². The van der Waals surface area contributed by atoms with E-state index in [9.17, 15) is 9.59 Å². The second-order valence-electron chi connectivity index (χ2n) is 10.5. The van der Waals surface area contributed by atoms with Gasteiger partial charge in [0.1, 0.15) is 5.69 Å². The summed E-state index contributed by atoms with van der Waals surface area (Å²) >= 11 is 1.61. The van der Waals surface area contributed by atoms with Gasteiger partial charge in [0.15, 0.2) is 0 Å². The summed E-state index contributed by atoms with van der Waals surface area (Å²) in [6.07, 6.45) is 11.3. The Labute approximate surface area is 207 Å². The lowest BCUT2D eigenvalue weighted by Crippen LogP contribution is -2.43. The predicted molar refractivity (Wildman–Crippen MR) is 136 cm³/mol. The average molecular weight is 480 g/mol. The van der Waals surface area contributed by atoms with E-state index in [2.05, 4.69) is 24.4 Å². The van der Waals surface area contributed by atoms with Crippen molar-refractivity contribution in [2.24, 2.45) is 5.92 Å². The summed E-state index contributed by atoms with van der Waals surface area (Å²) < 4.78 is 0. The van der Waals surface area contributed by atoms with Crippen LogP contribution < -0.4 is 5.32 Å². The largest absolute Gasteiger partial charge is 0.345 e. The minimum atomic E-state index is -0.0631. The zero-order valence-corrected chi connectivity index (χ0v) is 21.1. The highest BCUT2D eigenvalue weighted by Crippen LogP contribution is 2.48. The molecular formula is C28H37N3O2S. The number of hydrogen-bond donors (Lipinski definition) is 1. The van der Waals surface area contributed by atoms with Crippen LogP contribution in [0, 0.1) is 5.92 Å². The van der Waals surface area contributed by atoms with Gasteiger partial charge in [0.05, 0.1) is 10.9 Å². The minimum absolute atomic E-state index is 0.00633. The van der Waals surface area contributed by atoms with Crippen molar-refractivity contribution in [1.29, 1.82) is 0 Å². The Balaban J connectivity index is 1.16. The van der Waals surface area contributed by atoms with Gasteiger partial charge in [-0.2, -0.15) is 0 Å². The molecule has 5 nitrogen and oxygen atoms in total. The topological polar surface area (TPSA) is 62.3 Å². The number of aromatic nitrogens is 1. The zero-order valence-electron chi connectivity index (χ0n) is 20.3. The monoisotopic (exact) mass is 479 g/mol. The van der Waals surface area contributed by atoms with Crippen LogP contribution in [0.1, 0.15) is 104 Å². The van der Waals surface area contributed by atoms with Crippen LogP contribution in [0.5, 0.6) is 0 Å². The van der Waals surface area contributed by atoms with Gasteiger partial charge < -0.3 is 10.2 Å². The van der Waals surface area contributed by atoms with Crippen molar-refractivity contribution in [1.82, 2.24) is 15.2 Å². The molecular weight excluding hydrogens is 442 g/mol. The van der Waals surface area contributed by atoms with Gasteiger partial charge in [-0.25, -0.2) is 4.98 Å². The number of likely N-dealkylation sites (tertiary alicyclic amines) is 1. The van der Waals surface area contributed by atoms with Gasteiger partial charge in [0.2, 0.25) is 5.91 Å². The molecule has 1 saturated heterocycles. The number of benzene rings is 1. The summed E-state index contributed by atoms with van der Waals surface area (Å²) in [6.45, 7) is 3.61. The Morgan fingerprint density at radius 3 is 2.44 bits per heavy atom. The van der Waals surface area contributed by atoms with E-state index in [-0.39, 0.29) is 23.3 Å². The fraction of sp³-hybridized carbons (Fsp3) is 0.607. The molecule has 3 aliphatic rings. The van der Waals surface area contributed by atoms with Crippen molar-refractivity contribution < 1.29 is 9.59 Å². The van der Waals surface area contributed by atoms with Crippen LogP contribution in [-0.4, -0.2) is 40.3 Å². The van der Waals surface area contributed by atoms with Crippen LogP contribution in [0.4, 0.5) is 0 Å². The first-order valence-electron chi connectivity index (χ1n) is 13.2. The van der Waals surface area contributed by atoms with Crippen molar-refractivity contribution in [3.8, 4) is 0 Å². The smallest absolute Gasteiger partial charge is 0.271 e. The van der Waals surface area contributed by atoms with Crippen LogP contribution in [0.2, 0.25) is 0 Å². The fourth-order valence-electron chi connectivity index (χ4n) is 6.10. The molecule has 2 heterocycles. The third kappa shape index (κ3) is 4.93. The Morgan fingerprint density at radius 1 is 1.09 bits per heavy atom. The second kappa shape index (κ2) is 10.2. The number of hydrogen-bond acceptors (Lipinski definition) is 4. The summed E-state index contributed by atoms with van der Waals surface area (Å²) in [4.78, 5) is 33.0. The number of amides is 2. The van der Waals surface area contributed by atoms with Gasteiger partial charge in [-0.3, -0.25) is 9.59 Å². The van der Waals surface area contributed by atoms with Gasteiger partial charge in [0.25, 0.3) is 5.91 Å². The molecule has 1 aliphatic heterocycles. The van der Waals surface area contributed by atoms with E-state index in [0.29, 0.717) is 17.5 Å². The maximum atomic E-state index is 13.2. The molecule has 34 heavy (non-hydrogen) atoms. The van der Waals surface area contributed by atoms with E-state index in [4.69, 9.17) is 4.98 Å². The minimum Gasteiger partial charge on any atom is -0.345 e. The number of piperidine rings is 1. The number of carbonyl (C=O) groups is 2. The lowest BCUT2D eigenvalue weighted by Gasteiger charge is -2.33. The van der Waals surface area contributed by atoms with Crippen molar-refractivity contribution in [3.05, 3.63) is 52.0 Å². The molecule has 2 amide bonds. The highest BCUT2D eigenvalue weighted by Gasteiger charge is 2.50. The molecule has 182 valence electrons. The van der Waals surface area contributed by atoms with E-state index in [0.717, 1.165) is 55.8 Å². The summed E-state index contributed by atoms with van der Waals surface area (Å²) in [5.41, 5.74) is 1.73. The number of carbonyl (C=O) groups excluding carboxylic acids is 2. The SMILES string of the molecule is CCC(C(=O)N1CCC(c2nc(C(=O)NC3(C4CCCCC4)CC3)cs2)CC1)c1ccccc1. The molecule has 6 heteroatoms. The van der Waals surface area contributed by atoms with Crippen LogP contribution in [-0.2, 0) is 4.79 Å². The summed E-state index contributed by atoms with van der Waals surface area (Å²) in [7, 11) is 0. The normalized spacial score (nSPS) is 21.7. The van der Waals surface area contributed by atoms with Gasteiger partial charge in [-0.05, 0) is 56.4 Å². The van der Waals surface area contributed by atoms with E-state index in [1.165, 1.54) is 32.1 Å². The molecule has 1 aromatic carbocycles. The Bertz CT molecular complexity index is 986. The van der Waals surface area contributed by atoms with E-state index in [1.807, 2.05) is 28.5 Å². The van der Waals surface area contributed by atoms with Crippen molar-refractivity contribution in [2.45, 2.75) is 88.5 Å². The van der Waals surface area contributed by atoms with E-state index < -0.39 is 0 Å². The summed E-state index contributed by atoms with van der Waals surface area (Å²) in [5.74, 6) is 1.16. The molecule has 0 bridgehead atoms. The first-order chi connectivity index (χ1) is 16.6. The van der Waals surface area contributed by atoms with Crippen molar-refractivity contribution >= 4 is 23.2 Å². The number of nitrogens with one attached hydrogen (secondary N) is 1. The van der Waals surface area contributed by atoms with Crippen molar-refractivity contribution in [2.75, 3.05) is 13.1 Å². The maximum absolute atomic E-state index is 13.2. The number of thiazole rings is 1. The quantitative estimate of drug-likeness (QED) is 0.539. The van der Waals surface area contributed by atoms with Crippen LogP contribution in [0.3, 0.4) is 0 Å². The standard InChI is InChI=1S/C28H37N3O2S/c1-2-23(20-9-5-3-6-10-20)27(33)31-17-13-21(14-18-31)26-29-24(19-34-26)25(32)30-28(15-16-28)22-11-7-4-8-12-22/h3,5-6,9-10,19,21-23H,2,4,7-8,11-18H2,1H3,(H,30,32). The number of nitrogens with zero attached hydrogens (tertiary/aromatic N) is 2. The Morgan fingerprint density at radius 2 is 1.79 bits per heavy atom. The maximum Gasteiger partial charge on any atom is 0.271 e. The lowest BCUT2D eigenvalue weighted by molar-refractivity contribution is -0.134. The van der Waals surface area contributed by atoms with E-state index >= 15 is 0 Å². The number of rotatable bonds is 7.